The minimum atomic E-state index is -0.480. The van der Waals surface area contributed by atoms with E-state index in [1.165, 1.54) is 4.90 Å². The predicted octanol–water partition coefficient (Wildman–Crippen LogP) is 2.24. The number of amides is 3. The molecule has 1 unspecified atom stereocenters. The maximum Gasteiger partial charge on any atom is 0.325 e. The van der Waals surface area contributed by atoms with Crippen LogP contribution >= 0.6 is 0 Å². The van der Waals surface area contributed by atoms with Crippen molar-refractivity contribution in [1.82, 2.24) is 15.5 Å². The van der Waals surface area contributed by atoms with Gasteiger partial charge >= 0.3 is 12.0 Å². The Bertz CT molecular complexity index is 577. The molecule has 0 aliphatic carbocycles. The lowest BCUT2D eigenvalue weighted by Crippen LogP contribution is -2.44. The molecule has 1 atom stereocenters. The second kappa shape index (κ2) is 11.9. The van der Waals surface area contributed by atoms with E-state index < -0.39 is 5.97 Å². The molecule has 0 aliphatic rings. The normalized spacial score (nSPS) is 11.3. The monoisotopic (exact) mass is 363 g/mol. The maximum absolute atomic E-state index is 12.2. The molecule has 7 heteroatoms. The molecule has 0 fully saturated rings. The summed E-state index contributed by atoms with van der Waals surface area (Å²) in [6.45, 7) is 6.47. The van der Waals surface area contributed by atoms with Crippen LogP contribution in [0, 0.1) is 0 Å². The van der Waals surface area contributed by atoms with Gasteiger partial charge in [-0.1, -0.05) is 37.3 Å². The summed E-state index contributed by atoms with van der Waals surface area (Å²) in [5, 5.41) is 5.45. The van der Waals surface area contributed by atoms with Crippen LogP contribution in [-0.2, 0) is 14.3 Å². The molecule has 1 aromatic carbocycles. The molecule has 1 aromatic rings. The molecule has 0 heterocycles. The highest BCUT2D eigenvalue weighted by Crippen LogP contribution is 2.11. The van der Waals surface area contributed by atoms with Gasteiger partial charge in [0.25, 0.3) is 0 Å². The van der Waals surface area contributed by atoms with Gasteiger partial charge in [-0.3, -0.25) is 9.59 Å². The fourth-order valence-electron chi connectivity index (χ4n) is 2.43. The van der Waals surface area contributed by atoms with E-state index in [2.05, 4.69) is 10.6 Å². The Balaban J connectivity index is 2.45. The number of carbonyl (C=O) groups is 3. The number of nitrogens with zero attached hydrogens (tertiary/aromatic N) is 1. The van der Waals surface area contributed by atoms with Gasteiger partial charge in [0.05, 0.1) is 12.6 Å². The molecule has 144 valence electrons. The molecule has 7 nitrogen and oxygen atoms in total. The summed E-state index contributed by atoms with van der Waals surface area (Å²) in [4.78, 5) is 37.2. The number of hydrogen-bond acceptors (Lipinski definition) is 4. The van der Waals surface area contributed by atoms with E-state index in [-0.39, 0.29) is 44.1 Å². The first-order valence-electron chi connectivity index (χ1n) is 9.00. The quantitative estimate of drug-likeness (QED) is 0.624. The zero-order chi connectivity index (χ0) is 19.4. The number of carbonyl (C=O) groups excluding carboxylic acids is 3. The lowest BCUT2D eigenvalue weighted by Gasteiger charge is -2.22. The molecule has 3 amide bonds. The van der Waals surface area contributed by atoms with Crippen molar-refractivity contribution in [3.63, 3.8) is 0 Å². The molecule has 0 radical (unpaired) electrons. The molecule has 0 bridgehead atoms. The van der Waals surface area contributed by atoms with Gasteiger partial charge in [0.15, 0.2) is 0 Å². The number of rotatable bonds is 10. The summed E-state index contributed by atoms with van der Waals surface area (Å²) in [6.07, 6.45) is 0.957. The van der Waals surface area contributed by atoms with Gasteiger partial charge in [0, 0.05) is 19.5 Å². The Morgan fingerprint density at radius 2 is 1.81 bits per heavy atom. The van der Waals surface area contributed by atoms with Crippen LogP contribution in [0.15, 0.2) is 30.3 Å². The van der Waals surface area contributed by atoms with Crippen LogP contribution in [0.3, 0.4) is 0 Å². The second-order valence-electron chi connectivity index (χ2n) is 5.90. The first kappa shape index (κ1) is 21.5. The van der Waals surface area contributed by atoms with Gasteiger partial charge in [-0.15, -0.1) is 0 Å². The zero-order valence-corrected chi connectivity index (χ0v) is 15.8. The molecule has 26 heavy (non-hydrogen) atoms. The average molecular weight is 363 g/mol. The summed E-state index contributed by atoms with van der Waals surface area (Å²) in [5.74, 6) is -0.604. The van der Waals surface area contributed by atoms with Crippen LogP contribution in [0.1, 0.15) is 45.2 Å². The Kier molecular flexibility index (Phi) is 9.82. The van der Waals surface area contributed by atoms with Crippen LogP contribution < -0.4 is 10.6 Å². The number of nitrogens with one attached hydrogen (secondary N) is 2. The van der Waals surface area contributed by atoms with Crippen molar-refractivity contribution in [2.75, 3.05) is 26.2 Å². The van der Waals surface area contributed by atoms with E-state index in [0.29, 0.717) is 6.54 Å². The second-order valence-corrected chi connectivity index (χ2v) is 5.90. The lowest BCUT2D eigenvalue weighted by molar-refractivity contribution is -0.141. The number of benzene rings is 1. The lowest BCUT2D eigenvalue weighted by atomic mass is 10.1. The third-order valence-electron chi connectivity index (χ3n) is 3.76. The van der Waals surface area contributed by atoms with Crippen molar-refractivity contribution >= 4 is 17.9 Å². The summed E-state index contributed by atoms with van der Waals surface area (Å²) in [5.41, 5.74) is 1.03. The van der Waals surface area contributed by atoms with Crippen molar-refractivity contribution < 1.29 is 19.1 Å². The van der Waals surface area contributed by atoms with Gasteiger partial charge in [-0.25, -0.2) is 4.79 Å². The smallest absolute Gasteiger partial charge is 0.325 e. The minimum Gasteiger partial charge on any atom is -0.465 e. The number of urea groups is 1. The summed E-state index contributed by atoms with van der Waals surface area (Å²) < 4.78 is 4.78. The fourth-order valence-corrected chi connectivity index (χ4v) is 2.43. The minimum absolute atomic E-state index is 0.0963. The first-order valence-corrected chi connectivity index (χ1v) is 9.00. The zero-order valence-electron chi connectivity index (χ0n) is 15.8. The Labute approximate surface area is 155 Å². The van der Waals surface area contributed by atoms with E-state index in [9.17, 15) is 14.4 Å². The number of hydrogen-bond donors (Lipinski definition) is 2. The van der Waals surface area contributed by atoms with E-state index in [4.69, 9.17) is 4.74 Å². The maximum atomic E-state index is 12.2. The van der Waals surface area contributed by atoms with Crippen molar-refractivity contribution in [2.45, 2.75) is 39.7 Å². The van der Waals surface area contributed by atoms with Crippen molar-refractivity contribution in [3.8, 4) is 0 Å². The van der Waals surface area contributed by atoms with Crippen LogP contribution in [-0.4, -0.2) is 49.0 Å². The molecular weight excluding hydrogens is 334 g/mol. The van der Waals surface area contributed by atoms with Gasteiger partial charge in [-0.2, -0.15) is 0 Å². The number of ether oxygens (including phenoxy) is 1. The summed E-state index contributed by atoms with van der Waals surface area (Å²) in [6, 6.07) is 9.22. The van der Waals surface area contributed by atoms with Gasteiger partial charge in [-0.05, 0) is 25.8 Å². The van der Waals surface area contributed by atoms with E-state index in [0.717, 1.165) is 12.0 Å². The van der Waals surface area contributed by atoms with E-state index in [1.807, 2.05) is 44.2 Å². The highest BCUT2D eigenvalue weighted by Gasteiger charge is 2.16. The SMILES string of the molecule is CCCN(CCC(=O)NC(C)c1ccccc1)C(=O)NCC(=O)OCC. The van der Waals surface area contributed by atoms with E-state index >= 15 is 0 Å². The van der Waals surface area contributed by atoms with Gasteiger partial charge in [0.1, 0.15) is 6.54 Å². The van der Waals surface area contributed by atoms with Gasteiger partial charge < -0.3 is 20.3 Å². The number of esters is 1. The largest absolute Gasteiger partial charge is 0.465 e. The molecule has 1 rings (SSSR count). The van der Waals surface area contributed by atoms with Crippen molar-refractivity contribution in [3.05, 3.63) is 35.9 Å². The van der Waals surface area contributed by atoms with Gasteiger partial charge in [0.2, 0.25) is 5.91 Å². The third kappa shape index (κ3) is 8.00. The average Bonchev–Trinajstić information content (AvgIpc) is 2.64. The fraction of sp³-hybridized carbons (Fsp3) is 0.526. The van der Waals surface area contributed by atoms with Crippen LogP contribution in [0.2, 0.25) is 0 Å². The topological polar surface area (TPSA) is 87.7 Å². The molecule has 2 N–H and O–H groups in total. The molecular formula is C19H29N3O4. The van der Waals surface area contributed by atoms with E-state index in [1.54, 1.807) is 6.92 Å². The van der Waals surface area contributed by atoms with Crippen LogP contribution in [0.4, 0.5) is 4.79 Å². The highest BCUT2D eigenvalue weighted by atomic mass is 16.5. The van der Waals surface area contributed by atoms with Crippen LogP contribution in [0.25, 0.3) is 0 Å². The highest BCUT2D eigenvalue weighted by molar-refractivity contribution is 5.81. The first-order chi connectivity index (χ1) is 12.5. The summed E-state index contributed by atoms with van der Waals surface area (Å²) in [7, 11) is 0. The standard InChI is InChI=1S/C19H29N3O4/c1-4-12-22(19(25)20-14-18(24)26-5-2)13-11-17(23)21-15(3)16-9-7-6-8-10-16/h6-10,15H,4-5,11-14H2,1-3H3,(H,20,25)(H,21,23). The molecule has 0 saturated carbocycles. The molecule has 0 saturated heterocycles. The molecule has 0 aliphatic heterocycles. The predicted molar refractivity (Wildman–Crippen MR) is 99.5 cm³/mol. The van der Waals surface area contributed by atoms with Crippen molar-refractivity contribution in [1.29, 1.82) is 0 Å². The third-order valence-corrected chi connectivity index (χ3v) is 3.76. The molecule has 0 aromatic heterocycles. The Morgan fingerprint density at radius 1 is 1.12 bits per heavy atom. The molecule has 0 spiro atoms. The summed E-state index contributed by atoms with van der Waals surface area (Å²) >= 11 is 0. The van der Waals surface area contributed by atoms with Crippen LogP contribution in [0.5, 0.6) is 0 Å². The van der Waals surface area contributed by atoms with Crippen molar-refractivity contribution in [2.24, 2.45) is 0 Å². The Hall–Kier alpha value is -2.57. The Morgan fingerprint density at radius 3 is 2.42 bits per heavy atom.